The molecule has 1 nitrogen and oxygen atoms in total. The molecule has 0 heterocycles. The standard InChI is InChI=1S/C18H26BrN/c1-20-12-14(10-16-4-2-3-5-18(16)19)11-17-9-13-6-7-15(17)8-13/h2-5,13-15,17,20H,6-12H2,1H3. The van der Waals surface area contributed by atoms with Gasteiger partial charge in [0.2, 0.25) is 0 Å². The molecule has 1 aromatic rings. The highest BCUT2D eigenvalue weighted by Gasteiger charge is 2.39. The summed E-state index contributed by atoms with van der Waals surface area (Å²) < 4.78 is 1.27. The van der Waals surface area contributed by atoms with Crippen LogP contribution in [0.4, 0.5) is 0 Å². The summed E-state index contributed by atoms with van der Waals surface area (Å²) in [5.74, 6) is 3.92. The summed E-state index contributed by atoms with van der Waals surface area (Å²) in [6.07, 6.45) is 8.70. The number of fused-ring (bicyclic) bond motifs is 2. The maximum absolute atomic E-state index is 3.70. The first-order valence-corrected chi connectivity index (χ1v) is 8.93. The van der Waals surface area contributed by atoms with E-state index in [1.54, 1.807) is 0 Å². The minimum Gasteiger partial charge on any atom is -0.319 e. The molecule has 20 heavy (non-hydrogen) atoms. The fraction of sp³-hybridized carbons (Fsp3) is 0.667. The van der Waals surface area contributed by atoms with Crippen LogP contribution in [0.3, 0.4) is 0 Å². The SMILES string of the molecule is CNCC(Cc1ccccc1Br)CC1CC2CCC1C2. The van der Waals surface area contributed by atoms with Crippen molar-refractivity contribution in [3.05, 3.63) is 34.3 Å². The second-order valence-electron chi connectivity index (χ2n) is 6.89. The third kappa shape index (κ3) is 3.28. The van der Waals surface area contributed by atoms with Gasteiger partial charge < -0.3 is 5.32 Å². The number of hydrogen-bond donors (Lipinski definition) is 1. The predicted molar refractivity (Wildman–Crippen MR) is 88.8 cm³/mol. The van der Waals surface area contributed by atoms with Gasteiger partial charge in [-0.25, -0.2) is 0 Å². The molecule has 0 saturated heterocycles. The second-order valence-corrected chi connectivity index (χ2v) is 7.74. The molecule has 0 spiro atoms. The summed E-state index contributed by atoms with van der Waals surface area (Å²) >= 11 is 3.70. The molecule has 3 rings (SSSR count). The Morgan fingerprint density at radius 3 is 2.75 bits per heavy atom. The summed E-state index contributed by atoms with van der Waals surface area (Å²) in [6.45, 7) is 1.15. The predicted octanol–water partition coefficient (Wildman–Crippen LogP) is 4.65. The fourth-order valence-electron chi connectivity index (χ4n) is 4.60. The third-order valence-corrected chi connectivity index (χ3v) is 6.25. The number of rotatable bonds is 6. The molecule has 4 atom stereocenters. The van der Waals surface area contributed by atoms with E-state index in [2.05, 4.69) is 52.6 Å². The van der Waals surface area contributed by atoms with Gasteiger partial charge in [-0.2, -0.15) is 0 Å². The lowest BCUT2D eigenvalue weighted by Gasteiger charge is -2.27. The van der Waals surface area contributed by atoms with Crippen LogP contribution in [0.1, 0.15) is 37.7 Å². The highest BCUT2D eigenvalue weighted by molar-refractivity contribution is 9.10. The Morgan fingerprint density at radius 2 is 2.10 bits per heavy atom. The van der Waals surface area contributed by atoms with Crippen molar-refractivity contribution < 1.29 is 0 Å². The lowest BCUT2D eigenvalue weighted by Crippen LogP contribution is -2.25. The topological polar surface area (TPSA) is 12.0 Å². The summed E-state index contributed by atoms with van der Waals surface area (Å²) in [4.78, 5) is 0. The van der Waals surface area contributed by atoms with Crippen LogP contribution < -0.4 is 5.32 Å². The van der Waals surface area contributed by atoms with E-state index in [-0.39, 0.29) is 0 Å². The van der Waals surface area contributed by atoms with E-state index >= 15 is 0 Å². The number of hydrogen-bond acceptors (Lipinski definition) is 1. The molecule has 0 amide bonds. The molecule has 2 bridgehead atoms. The van der Waals surface area contributed by atoms with Crippen LogP contribution in [0.25, 0.3) is 0 Å². The van der Waals surface area contributed by atoms with E-state index in [1.165, 1.54) is 48.6 Å². The highest BCUT2D eigenvalue weighted by Crippen LogP contribution is 2.50. The number of benzene rings is 1. The van der Waals surface area contributed by atoms with Gasteiger partial charge in [0.25, 0.3) is 0 Å². The van der Waals surface area contributed by atoms with Gasteiger partial charge in [0.1, 0.15) is 0 Å². The van der Waals surface area contributed by atoms with Gasteiger partial charge in [0.15, 0.2) is 0 Å². The third-order valence-electron chi connectivity index (χ3n) is 5.48. The van der Waals surface area contributed by atoms with Crippen molar-refractivity contribution in [3.8, 4) is 0 Å². The smallest absolute Gasteiger partial charge is 0.0207 e. The van der Waals surface area contributed by atoms with Gasteiger partial charge in [-0.3, -0.25) is 0 Å². The fourth-order valence-corrected chi connectivity index (χ4v) is 5.04. The summed E-state index contributed by atoms with van der Waals surface area (Å²) in [7, 11) is 2.09. The van der Waals surface area contributed by atoms with Crippen LogP contribution in [-0.2, 0) is 6.42 Å². The molecular weight excluding hydrogens is 310 g/mol. The van der Waals surface area contributed by atoms with Crippen molar-refractivity contribution in [2.75, 3.05) is 13.6 Å². The van der Waals surface area contributed by atoms with E-state index < -0.39 is 0 Å². The van der Waals surface area contributed by atoms with Crippen molar-refractivity contribution in [3.63, 3.8) is 0 Å². The maximum Gasteiger partial charge on any atom is 0.0207 e. The van der Waals surface area contributed by atoms with Crippen LogP contribution in [0.2, 0.25) is 0 Å². The molecule has 0 aromatic heterocycles. The highest BCUT2D eigenvalue weighted by atomic mass is 79.9. The van der Waals surface area contributed by atoms with Crippen molar-refractivity contribution >= 4 is 15.9 Å². The monoisotopic (exact) mass is 335 g/mol. The van der Waals surface area contributed by atoms with Crippen LogP contribution in [0.5, 0.6) is 0 Å². The minimum absolute atomic E-state index is 0.781. The first kappa shape index (κ1) is 14.6. The van der Waals surface area contributed by atoms with Crippen molar-refractivity contribution in [1.29, 1.82) is 0 Å². The number of halogens is 1. The molecule has 110 valence electrons. The zero-order chi connectivity index (χ0) is 13.9. The normalized spacial score (nSPS) is 29.8. The molecule has 2 saturated carbocycles. The van der Waals surface area contributed by atoms with Crippen LogP contribution in [-0.4, -0.2) is 13.6 Å². The van der Waals surface area contributed by atoms with Gasteiger partial charge in [-0.15, -0.1) is 0 Å². The zero-order valence-electron chi connectivity index (χ0n) is 12.4. The van der Waals surface area contributed by atoms with Gasteiger partial charge >= 0.3 is 0 Å². The molecule has 2 fully saturated rings. The molecule has 0 aliphatic heterocycles. The molecule has 0 radical (unpaired) electrons. The first-order valence-electron chi connectivity index (χ1n) is 8.14. The lowest BCUT2D eigenvalue weighted by atomic mass is 9.80. The van der Waals surface area contributed by atoms with E-state index in [1.807, 2.05) is 0 Å². The average molecular weight is 336 g/mol. The first-order chi connectivity index (χ1) is 9.76. The Kier molecular flexibility index (Phi) is 4.83. The largest absolute Gasteiger partial charge is 0.319 e. The summed E-state index contributed by atoms with van der Waals surface area (Å²) in [6, 6.07) is 8.71. The summed E-state index contributed by atoms with van der Waals surface area (Å²) in [5, 5.41) is 3.41. The van der Waals surface area contributed by atoms with Gasteiger partial charge in [0.05, 0.1) is 0 Å². The van der Waals surface area contributed by atoms with Gasteiger partial charge in [-0.1, -0.05) is 40.5 Å². The molecule has 2 heteroatoms. The van der Waals surface area contributed by atoms with E-state index in [4.69, 9.17) is 0 Å². The van der Waals surface area contributed by atoms with Crippen LogP contribution in [0.15, 0.2) is 28.7 Å². The van der Waals surface area contributed by atoms with Gasteiger partial charge in [0, 0.05) is 4.47 Å². The molecule has 2 aliphatic rings. The average Bonchev–Trinajstić information content (AvgIpc) is 3.04. The zero-order valence-corrected chi connectivity index (χ0v) is 14.0. The molecule has 4 unspecified atom stereocenters. The summed E-state index contributed by atoms with van der Waals surface area (Å²) in [5.41, 5.74) is 1.47. The Bertz CT molecular complexity index is 445. The Labute approximate surface area is 131 Å². The van der Waals surface area contributed by atoms with Crippen LogP contribution in [0, 0.1) is 23.7 Å². The van der Waals surface area contributed by atoms with E-state index in [0.29, 0.717) is 0 Å². The molecule has 2 aliphatic carbocycles. The quantitative estimate of drug-likeness (QED) is 0.797. The lowest BCUT2D eigenvalue weighted by molar-refractivity contribution is 0.263. The van der Waals surface area contributed by atoms with E-state index in [0.717, 1.165) is 30.2 Å². The van der Waals surface area contributed by atoms with Crippen molar-refractivity contribution in [2.45, 2.75) is 38.5 Å². The number of nitrogens with one attached hydrogen (secondary N) is 1. The Hall–Kier alpha value is -0.340. The van der Waals surface area contributed by atoms with E-state index in [9.17, 15) is 0 Å². The van der Waals surface area contributed by atoms with Crippen LogP contribution >= 0.6 is 15.9 Å². The minimum atomic E-state index is 0.781. The second kappa shape index (κ2) is 6.62. The van der Waals surface area contributed by atoms with Crippen molar-refractivity contribution in [1.82, 2.24) is 5.32 Å². The van der Waals surface area contributed by atoms with Gasteiger partial charge in [-0.05, 0) is 81.0 Å². The Balaban J connectivity index is 1.62. The maximum atomic E-state index is 3.70. The van der Waals surface area contributed by atoms with Crippen molar-refractivity contribution in [2.24, 2.45) is 23.7 Å². The molecular formula is C18H26BrN. The molecule has 1 aromatic carbocycles. The molecule has 1 N–H and O–H groups in total. The Morgan fingerprint density at radius 1 is 1.25 bits per heavy atom.